The number of fused-ring (bicyclic) bond motifs is 5. The van der Waals surface area contributed by atoms with Crippen molar-refractivity contribution in [2.45, 2.75) is 154 Å². The van der Waals surface area contributed by atoms with Gasteiger partial charge in [0.25, 0.3) is 5.91 Å². The monoisotopic (exact) mass is 1300 g/mol. The van der Waals surface area contributed by atoms with Gasteiger partial charge in [-0.2, -0.15) is 0 Å². The topological polar surface area (TPSA) is 344 Å². The molecule has 4 aromatic rings. The molecule has 7 N–H and O–H groups in total. The normalized spacial score (nSPS) is 25.3. The number of Topliss-reactive ketones (excluding diaryl/α,β-unsaturated/α-hetero) is 1. The molecule has 4 aromatic carbocycles. The van der Waals surface area contributed by atoms with E-state index in [1.54, 1.807) is 98.8 Å². The van der Waals surface area contributed by atoms with Crippen LogP contribution in [0.5, 0.6) is 0 Å². The Bertz CT molecular complexity index is 3580. The third kappa shape index (κ3) is 15.0. The maximum Gasteiger partial charge on any atom is 0.350 e. The summed E-state index contributed by atoms with van der Waals surface area (Å²) in [6.07, 6.45) is -11.7. The number of esters is 5. The van der Waals surface area contributed by atoms with E-state index in [1.807, 2.05) is 0 Å². The summed E-state index contributed by atoms with van der Waals surface area (Å²) in [5, 5.41) is 39.5. The van der Waals surface area contributed by atoms with Crippen molar-refractivity contribution in [3.63, 3.8) is 0 Å². The molecule has 2 saturated carbocycles. The van der Waals surface area contributed by atoms with Crippen molar-refractivity contribution in [3.05, 3.63) is 167 Å². The Balaban J connectivity index is 1.18. The predicted molar refractivity (Wildman–Crippen MR) is 336 cm³/mol. The molecule has 94 heavy (non-hydrogen) atoms. The Morgan fingerprint density at radius 2 is 1.31 bits per heavy atom. The van der Waals surface area contributed by atoms with Crippen LogP contribution in [0.25, 0.3) is 0 Å². The first-order valence-electron chi connectivity index (χ1n) is 31.0. The Kier molecular flexibility index (Phi) is 21.9. The highest BCUT2D eigenvalue weighted by Gasteiger charge is 2.78. The molecule has 0 radical (unpaired) electrons. The van der Waals surface area contributed by atoms with Crippen molar-refractivity contribution < 1.29 is 91.4 Å². The van der Waals surface area contributed by atoms with E-state index in [0.717, 1.165) is 13.8 Å². The zero-order valence-electron chi connectivity index (χ0n) is 53.9. The van der Waals surface area contributed by atoms with Crippen LogP contribution in [0, 0.1) is 22.7 Å². The largest absolute Gasteiger partial charge is 0.455 e. The lowest BCUT2D eigenvalue weighted by molar-refractivity contribution is -0.346. The zero-order valence-corrected chi connectivity index (χ0v) is 53.9. The summed E-state index contributed by atoms with van der Waals surface area (Å²) < 4.78 is 37.1. The van der Waals surface area contributed by atoms with E-state index >= 15 is 9.59 Å². The standard InChI is InChI=1S/C70H81N5O19/c1-38(2)31-47(74-64(85)48(32-43-23-15-11-16-24-43)73-52(79)35-71-61(82)39(3)4)63(84)72-36-53(80)92-57(55(44-25-17-12-18-26-44)75-62(83)45-27-19-13-20-28-45)66(87)91-49-34-70(88)60(93-65(86)46-29-21-14-22-30-46)58-68(10,50(78)33-51-69(58,37-89-51)94-42(7)77)59(81)56(90-41(6)76)54(40(49)5)67(70,8)9/h11-30,38,47-51,55-58,60,78,88H,3,31-37H2,1-2,4-10H3,(H,71,82)(H,72,84)(H,73,79)(H,74,85)(H,75,83)/t47?,48?,49-,50-,51+,55-,56+,57+,58?,60-,68+,69-,70+/m0/s1. The molecule has 4 aliphatic rings. The minimum atomic E-state index is -2.58. The SMILES string of the molecule is C=C(C)C(=O)NCC(=O)NC(Cc1ccccc1)C(=O)NC(CC(C)C)C(=O)NCC(=O)O[C@@H](C(=O)O[C@H]1C[C@@]2(O)[C@@H](OC(=O)c3ccccc3)C3[C@](C)(C(=O)[C@H](OC(C)=O)C(=C1C)C2(C)C)[C@@H](O)C[C@H]1OC[C@@]31OC(C)=O)[C@@H](NC(=O)c1ccccc1)c1ccccc1. The number of amides is 5. The van der Waals surface area contributed by atoms with Crippen molar-refractivity contribution >= 4 is 65.2 Å². The minimum absolute atomic E-state index is 0.00987. The van der Waals surface area contributed by atoms with Crippen LogP contribution in [0.2, 0.25) is 0 Å². The van der Waals surface area contributed by atoms with Gasteiger partial charge in [-0.05, 0) is 79.6 Å². The van der Waals surface area contributed by atoms with E-state index in [-0.39, 0.29) is 58.6 Å². The van der Waals surface area contributed by atoms with Crippen molar-refractivity contribution in [2.75, 3.05) is 19.7 Å². The van der Waals surface area contributed by atoms with E-state index in [9.17, 15) is 53.4 Å². The molecule has 3 aliphatic carbocycles. The van der Waals surface area contributed by atoms with Gasteiger partial charge in [0.15, 0.2) is 17.5 Å². The van der Waals surface area contributed by atoms with Gasteiger partial charge in [0.2, 0.25) is 29.7 Å². The van der Waals surface area contributed by atoms with Crippen LogP contribution in [0.15, 0.2) is 145 Å². The molecule has 13 atom stereocenters. The fourth-order valence-electron chi connectivity index (χ4n) is 13.3. The molecule has 1 aliphatic heterocycles. The fraction of sp³-hybridized carbons (Fsp3) is 0.443. The van der Waals surface area contributed by atoms with E-state index in [2.05, 4.69) is 33.2 Å². The fourth-order valence-corrected chi connectivity index (χ4v) is 13.3. The lowest BCUT2D eigenvalue weighted by atomic mass is 9.44. The number of aliphatic hydroxyl groups excluding tert-OH is 1. The number of rotatable bonds is 24. The number of hydrogen-bond donors (Lipinski definition) is 7. The molecule has 24 nitrogen and oxygen atoms in total. The van der Waals surface area contributed by atoms with Crippen molar-refractivity contribution in [1.29, 1.82) is 0 Å². The Labute approximate surface area is 544 Å². The summed E-state index contributed by atoms with van der Waals surface area (Å²) in [6, 6.07) is 27.8. The predicted octanol–water partition coefficient (Wildman–Crippen LogP) is 4.35. The molecule has 3 unspecified atom stereocenters. The highest BCUT2D eigenvalue weighted by Crippen LogP contribution is 2.64. The van der Waals surface area contributed by atoms with Gasteiger partial charge in [-0.25, -0.2) is 9.59 Å². The first kappa shape index (κ1) is 70.5. The van der Waals surface area contributed by atoms with Crippen LogP contribution < -0.4 is 26.6 Å². The number of aliphatic hydroxyl groups is 2. The highest BCUT2D eigenvalue weighted by atomic mass is 16.6. The minimum Gasteiger partial charge on any atom is -0.455 e. The van der Waals surface area contributed by atoms with E-state index in [0.29, 0.717) is 5.56 Å². The number of hydrogen-bond acceptors (Lipinski definition) is 19. The van der Waals surface area contributed by atoms with Crippen LogP contribution >= 0.6 is 0 Å². The van der Waals surface area contributed by atoms with Crippen LogP contribution in [0.1, 0.15) is 119 Å². The number of nitrogens with one attached hydrogen (secondary N) is 5. The quantitative estimate of drug-likeness (QED) is 0.0222. The van der Waals surface area contributed by atoms with Crippen LogP contribution in [-0.4, -0.2) is 155 Å². The molecule has 1 saturated heterocycles. The van der Waals surface area contributed by atoms with Gasteiger partial charge in [-0.1, -0.05) is 131 Å². The molecule has 0 spiro atoms. The molecular weight excluding hydrogens is 1210 g/mol. The average Bonchev–Trinajstić information content (AvgIpc) is 0.670. The summed E-state index contributed by atoms with van der Waals surface area (Å²) >= 11 is 0. The van der Waals surface area contributed by atoms with Crippen LogP contribution in [0.4, 0.5) is 0 Å². The summed E-state index contributed by atoms with van der Waals surface area (Å²) in [4.78, 5) is 156. The molecular formula is C70H81N5O19. The van der Waals surface area contributed by atoms with Gasteiger partial charge >= 0.3 is 29.8 Å². The summed E-state index contributed by atoms with van der Waals surface area (Å²) in [5.41, 5.74) is -7.50. The maximum absolute atomic E-state index is 16.0. The number of benzene rings is 4. The van der Waals surface area contributed by atoms with Crippen molar-refractivity contribution in [1.82, 2.24) is 26.6 Å². The van der Waals surface area contributed by atoms with E-state index in [1.165, 1.54) is 71.0 Å². The van der Waals surface area contributed by atoms with Crippen molar-refractivity contribution in [2.24, 2.45) is 22.7 Å². The van der Waals surface area contributed by atoms with Gasteiger partial charge in [0.1, 0.15) is 48.6 Å². The summed E-state index contributed by atoms with van der Waals surface area (Å²) in [6.45, 7) is 14.7. The zero-order chi connectivity index (χ0) is 68.6. The van der Waals surface area contributed by atoms with Crippen LogP contribution in [0.3, 0.4) is 0 Å². The number of ether oxygens (including phenoxy) is 6. The van der Waals surface area contributed by atoms with E-state index < -0.39 is 174 Å². The van der Waals surface area contributed by atoms with Gasteiger partial charge in [0.05, 0.1) is 36.2 Å². The van der Waals surface area contributed by atoms with Gasteiger partial charge in [-0.3, -0.25) is 43.2 Å². The first-order chi connectivity index (χ1) is 44.4. The van der Waals surface area contributed by atoms with E-state index in [4.69, 9.17) is 28.4 Å². The second kappa shape index (κ2) is 29.3. The molecule has 2 bridgehead atoms. The molecule has 0 aromatic heterocycles. The molecule has 8 rings (SSSR count). The molecule has 24 heteroatoms. The van der Waals surface area contributed by atoms with Gasteiger partial charge < -0.3 is 65.2 Å². The number of carbonyl (C=O) groups is 11. The average molecular weight is 1300 g/mol. The number of carbonyl (C=O) groups excluding carboxylic acids is 11. The second-order valence-electron chi connectivity index (χ2n) is 25.5. The Morgan fingerprint density at radius 1 is 0.713 bits per heavy atom. The first-order valence-corrected chi connectivity index (χ1v) is 31.0. The number of ketones is 1. The van der Waals surface area contributed by atoms with Gasteiger partial charge in [-0.15, -0.1) is 0 Å². The lowest BCUT2D eigenvalue weighted by Crippen LogP contribution is -2.82. The Morgan fingerprint density at radius 3 is 1.87 bits per heavy atom. The van der Waals surface area contributed by atoms with Crippen LogP contribution in [-0.2, 0) is 78.0 Å². The molecule has 3 fully saturated rings. The molecule has 5 amide bonds. The second-order valence-corrected chi connectivity index (χ2v) is 25.5. The lowest BCUT2D eigenvalue weighted by Gasteiger charge is -2.67. The summed E-state index contributed by atoms with van der Waals surface area (Å²) in [7, 11) is 0. The maximum atomic E-state index is 16.0. The molecule has 500 valence electrons. The molecule has 1 heterocycles. The third-order valence-corrected chi connectivity index (χ3v) is 18.2. The van der Waals surface area contributed by atoms with Crippen molar-refractivity contribution in [3.8, 4) is 0 Å². The highest BCUT2D eigenvalue weighted by molar-refractivity contribution is 5.98. The Hall–Kier alpha value is -9.39. The summed E-state index contributed by atoms with van der Waals surface area (Å²) in [5.74, 6) is -12.1. The van der Waals surface area contributed by atoms with Gasteiger partial charge in [0, 0.05) is 49.7 Å². The third-order valence-electron chi connectivity index (χ3n) is 18.2. The smallest absolute Gasteiger partial charge is 0.350 e.